The number of anilines is 1. The van der Waals surface area contributed by atoms with Crippen LogP contribution in [0.5, 0.6) is 0 Å². The summed E-state index contributed by atoms with van der Waals surface area (Å²) in [5.74, 6) is 0.328. The summed E-state index contributed by atoms with van der Waals surface area (Å²) in [6.07, 6.45) is 0.975. The molecular formula is C11H8Cl3N3O2. The number of nitrogens with one attached hydrogen (secondary N) is 1. The molecule has 0 radical (unpaired) electrons. The third kappa shape index (κ3) is 2.94. The summed E-state index contributed by atoms with van der Waals surface area (Å²) in [5, 5.41) is 2.65. The van der Waals surface area contributed by atoms with Gasteiger partial charge in [0, 0.05) is 0 Å². The van der Waals surface area contributed by atoms with E-state index in [2.05, 4.69) is 15.0 Å². The van der Waals surface area contributed by atoms with Crippen LogP contribution in [0.4, 0.5) is 10.6 Å². The van der Waals surface area contributed by atoms with E-state index in [1.807, 2.05) is 0 Å². The van der Waals surface area contributed by atoms with Crippen molar-refractivity contribution in [3.05, 3.63) is 34.6 Å². The highest BCUT2D eigenvalue weighted by molar-refractivity contribution is 6.66. The van der Waals surface area contributed by atoms with Crippen molar-refractivity contribution in [3.63, 3.8) is 0 Å². The van der Waals surface area contributed by atoms with Gasteiger partial charge in [-0.2, -0.15) is 0 Å². The molecule has 0 aromatic carbocycles. The van der Waals surface area contributed by atoms with Gasteiger partial charge in [-0.3, -0.25) is 9.72 Å². The number of halogens is 3. The number of carbonyl (C=O) groups excluding carboxylic acids is 1. The van der Waals surface area contributed by atoms with Crippen molar-refractivity contribution in [1.29, 1.82) is 0 Å². The number of carbonyl (C=O) groups is 1. The summed E-state index contributed by atoms with van der Waals surface area (Å²) < 4.78 is 6.09. The average molecular weight is 321 g/mol. The first-order chi connectivity index (χ1) is 9.02. The molecule has 5 nitrogen and oxygen atoms in total. The lowest BCUT2D eigenvalue weighted by Gasteiger charge is -2.03. The fourth-order valence-electron chi connectivity index (χ4n) is 1.50. The largest absolute Gasteiger partial charge is 0.453 e. The van der Waals surface area contributed by atoms with Gasteiger partial charge in [0.15, 0.2) is 5.82 Å². The van der Waals surface area contributed by atoms with E-state index in [-0.39, 0.29) is 9.52 Å². The second kappa shape index (κ2) is 5.69. The van der Waals surface area contributed by atoms with Crippen molar-refractivity contribution >= 4 is 57.4 Å². The summed E-state index contributed by atoms with van der Waals surface area (Å²) in [5.41, 5.74) is 1.14. The molecule has 0 unspecified atom stereocenters. The molecule has 100 valence electrons. The highest BCUT2D eigenvalue weighted by Gasteiger charge is 2.11. The zero-order chi connectivity index (χ0) is 14.0. The summed E-state index contributed by atoms with van der Waals surface area (Å²) in [4.78, 5) is 15.3. The normalized spacial score (nSPS) is 10.3. The van der Waals surface area contributed by atoms with Gasteiger partial charge in [0.05, 0.1) is 24.0 Å². The number of fused-ring (bicyclic) bond motifs is 1. The smallest absolute Gasteiger partial charge is 0.412 e. The third-order valence-electron chi connectivity index (χ3n) is 2.30. The van der Waals surface area contributed by atoms with Gasteiger partial charge in [0.2, 0.25) is 0 Å². The zero-order valence-electron chi connectivity index (χ0n) is 9.65. The van der Waals surface area contributed by atoms with Gasteiger partial charge in [0.1, 0.15) is 10.1 Å². The SMILES string of the molecule is COC(=O)Nc1cn2c(C(Cl)=C(Cl)Cl)cccc2n1. The fraction of sp³-hybridized carbons (Fsp3) is 0.0909. The number of pyridine rings is 1. The first kappa shape index (κ1) is 14.0. The predicted octanol–water partition coefficient (Wildman–Crippen LogP) is 3.86. The van der Waals surface area contributed by atoms with Crippen LogP contribution in [0.25, 0.3) is 10.7 Å². The quantitative estimate of drug-likeness (QED) is 0.914. The molecular weight excluding hydrogens is 312 g/mol. The van der Waals surface area contributed by atoms with Gasteiger partial charge in [-0.05, 0) is 12.1 Å². The lowest BCUT2D eigenvalue weighted by molar-refractivity contribution is 0.187. The molecule has 2 aromatic rings. The standard InChI is InChI=1S/C11H8Cl3N3O2/c1-19-11(18)16-7-5-17-6(9(12)10(13)14)3-2-4-8(17)15-7/h2-5H,1H3,(H,16,18). The number of hydrogen-bond acceptors (Lipinski definition) is 3. The molecule has 1 N–H and O–H groups in total. The lowest BCUT2D eigenvalue weighted by atomic mass is 10.3. The molecule has 0 atom stereocenters. The van der Waals surface area contributed by atoms with Gasteiger partial charge in [0.25, 0.3) is 0 Å². The third-order valence-corrected chi connectivity index (χ3v) is 3.25. The Bertz CT molecular complexity index is 662. The lowest BCUT2D eigenvalue weighted by Crippen LogP contribution is -2.10. The molecule has 2 aromatic heterocycles. The van der Waals surface area contributed by atoms with E-state index in [0.717, 1.165) is 0 Å². The Hall–Kier alpha value is -1.43. The van der Waals surface area contributed by atoms with Crippen molar-refractivity contribution in [2.45, 2.75) is 0 Å². The molecule has 8 heteroatoms. The minimum Gasteiger partial charge on any atom is -0.453 e. The van der Waals surface area contributed by atoms with Crippen LogP contribution in [0.2, 0.25) is 0 Å². The topological polar surface area (TPSA) is 55.6 Å². The molecule has 0 bridgehead atoms. The summed E-state index contributed by atoms with van der Waals surface area (Å²) >= 11 is 17.4. The average Bonchev–Trinajstić information content (AvgIpc) is 2.79. The van der Waals surface area contributed by atoms with E-state index in [1.165, 1.54) is 7.11 Å². The van der Waals surface area contributed by atoms with Crippen molar-refractivity contribution in [3.8, 4) is 0 Å². The molecule has 0 aliphatic rings. The Labute approximate surface area is 123 Å². The monoisotopic (exact) mass is 319 g/mol. The van der Waals surface area contributed by atoms with Gasteiger partial charge in [-0.1, -0.05) is 40.9 Å². The number of methoxy groups -OCH3 is 1. The zero-order valence-corrected chi connectivity index (χ0v) is 11.9. The maximum absolute atomic E-state index is 11.1. The minimum atomic E-state index is -0.609. The van der Waals surface area contributed by atoms with E-state index >= 15 is 0 Å². The molecule has 2 heterocycles. The van der Waals surface area contributed by atoms with E-state index < -0.39 is 6.09 Å². The number of imidazole rings is 1. The maximum atomic E-state index is 11.1. The fourth-order valence-corrected chi connectivity index (χ4v) is 1.85. The number of ether oxygens (including phenoxy) is 1. The van der Waals surface area contributed by atoms with Crippen LogP contribution >= 0.6 is 34.8 Å². The van der Waals surface area contributed by atoms with E-state index in [1.54, 1.807) is 28.8 Å². The summed E-state index contributed by atoms with van der Waals surface area (Å²) in [6, 6.07) is 5.22. The molecule has 0 fully saturated rings. The van der Waals surface area contributed by atoms with Crippen LogP contribution in [0.1, 0.15) is 5.69 Å². The van der Waals surface area contributed by atoms with Crippen LogP contribution < -0.4 is 5.32 Å². The van der Waals surface area contributed by atoms with Crippen LogP contribution in [-0.4, -0.2) is 22.6 Å². The second-order valence-corrected chi connectivity index (χ2v) is 4.78. The second-order valence-electron chi connectivity index (χ2n) is 3.46. The van der Waals surface area contributed by atoms with Gasteiger partial charge >= 0.3 is 6.09 Å². The Morgan fingerprint density at radius 2 is 2.11 bits per heavy atom. The highest BCUT2D eigenvalue weighted by atomic mass is 35.5. The first-order valence-electron chi connectivity index (χ1n) is 5.07. The van der Waals surface area contributed by atoms with Crippen molar-refractivity contribution in [2.75, 3.05) is 12.4 Å². The van der Waals surface area contributed by atoms with Crippen molar-refractivity contribution in [2.24, 2.45) is 0 Å². The van der Waals surface area contributed by atoms with Crippen molar-refractivity contribution < 1.29 is 9.53 Å². The van der Waals surface area contributed by atoms with Crippen LogP contribution in [0, 0.1) is 0 Å². The summed E-state index contributed by atoms with van der Waals surface area (Å²) in [7, 11) is 1.27. The van der Waals surface area contributed by atoms with Crippen molar-refractivity contribution in [1.82, 2.24) is 9.38 Å². The predicted molar refractivity (Wildman–Crippen MR) is 75.7 cm³/mol. The number of amides is 1. The molecule has 2 rings (SSSR count). The molecule has 0 aliphatic heterocycles. The van der Waals surface area contributed by atoms with Gasteiger partial charge < -0.3 is 4.74 Å². The maximum Gasteiger partial charge on any atom is 0.412 e. The van der Waals surface area contributed by atoms with E-state index in [0.29, 0.717) is 17.2 Å². The number of rotatable bonds is 2. The number of aromatic nitrogens is 2. The molecule has 0 aliphatic carbocycles. The molecule has 0 saturated heterocycles. The number of hydrogen-bond donors (Lipinski definition) is 1. The number of nitrogens with zero attached hydrogens (tertiary/aromatic N) is 2. The van der Waals surface area contributed by atoms with Crippen LogP contribution in [-0.2, 0) is 4.74 Å². The van der Waals surface area contributed by atoms with E-state index in [4.69, 9.17) is 34.8 Å². The highest BCUT2D eigenvalue weighted by Crippen LogP contribution is 2.28. The Morgan fingerprint density at radius 3 is 2.74 bits per heavy atom. The van der Waals surface area contributed by atoms with Gasteiger partial charge in [-0.15, -0.1) is 0 Å². The van der Waals surface area contributed by atoms with Crippen LogP contribution in [0.3, 0.4) is 0 Å². The Kier molecular flexibility index (Phi) is 4.19. The molecule has 0 spiro atoms. The Morgan fingerprint density at radius 1 is 1.37 bits per heavy atom. The van der Waals surface area contributed by atoms with Gasteiger partial charge in [-0.25, -0.2) is 9.78 Å². The van der Waals surface area contributed by atoms with E-state index in [9.17, 15) is 4.79 Å². The molecule has 1 amide bonds. The molecule has 0 saturated carbocycles. The van der Waals surface area contributed by atoms with Crippen LogP contribution in [0.15, 0.2) is 28.9 Å². The Balaban J connectivity index is 2.51. The summed E-state index contributed by atoms with van der Waals surface area (Å²) in [6.45, 7) is 0. The molecule has 19 heavy (non-hydrogen) atoms. The first-order valence-corrected chi connectivity index (χ1v) is 6.20. The minimum absolute atomic E-state index is 0.0506.